The summed E-state index contributed by atoms with van der Waals surface area (Å²) in [6.07, 6.45) is 5.31. The first kappa shape index (κ1) is 9.41. The lowest BCUT2D eigenvalue weighted by molar-refractivity contribution is -0.347. The van der Waals surface area contributed by atoms with Crippen LogP contribution in [-0.4, -0.2) is 21.2 Å². The number of nitrogens with zero attached hydrogens (tertiary/aromatic N) is 2. The van der Waals surface area contributed by atoms with E-state index in [0.29, 0.717) is 0 Å². The van der Waals surface area contributed by atoms with Gasteiger partial charge in [-0.15, -0.1) is 0 Å². The van der Waals surface area contributed by atoms with Crippen LogP contribution in [-0.2, 0) is 0 Å². The molecule has 0 radical (unpaired) electrons. The molecule has 0 bridgehead atoms. The maximum absolute atomic E-state index is 5.36. The van der Waals surface area contributed by atoms with E-state index in [4.69, 9.17) is 4.42 Å². The third-order valence-corrected chi connectivity index (χ3v) is 2.80. The molecule has 3 rings (SSSR count). The zero-order valence-corrected chi connectivity index (χ0v) is 9.34. The zero-order chi connectivity index (χ0) is 11.0. The molecule has 0 unspecified atom stereocenters. The van der Waals surface area contributed by atoms with Crippen LogP contribution in [0.1, 0.15) is 0 Å². The Labute approximate surface area is 95.3 Å². The predicted molar refractivity (Wildman–Crippen MR) is 59.9 cm³/mol. The number of nitrogens with one attached hydrogen (secondary N) is 2. The van der Waals surface area contributed by atoms with Crippen LogP contribution in [0.15, 0.2) is 34.3 Å². The van der Waals surface area contributed by atoms with E-state index < -0.39 is 0 Å². The molecule has 5 nitrogen and oxygen atoms in total. The van der Waals surface area contributed by atoms with Gasteiger partial charge < -0.3 is 4.42 Å². The summed E-state index contributed by atoms with van der Waals surface area (Å²) < 4.78 is 5.36. The standard InChI is InChI=1S/C10H8N4OS/c1-16-10-13-7(6-3-2-4-15-6)8-9(14-10)12-5-11-8/h2-5H,1H3,(H,11,12,13,14)/p+1. The van der Waals surface area contributed by atoms with E-state index in [9.17, 15) is 0 Å². The Bertz CT molecular complexity index is 617. The molecular formula is C10H9N4OS+. The first-order valence-corrected chi connectivity index (χ1v) is 5.95. The number of rotatable bonds is 2. The summed E-state index contributed by atoms with van der Waals surface area (Å²) in [6, 6.07) is 3.72. The van der Waals surface area contributed by atoms with Crippen molar-refractivity contribution in [2.24, 2.45) is 0 Å². The summed E-state index contributed by atoms with van der Waals surface area (Å²) in [5, 5.41) is 0.717. The second-order valence-electron chi connectivity index (χ2n) is 3.19. The molecule has 0 saturated heterocycles. The van der Waals surface area contributed by atoms with Gasteiger partial charge in [0.15, 0.2) is 17.8 Å². The maximum Gasteiger partial charge on any atom is 0.304 e. The van der Waals surface area contributed by atoms with Gasteiger partial charge in [-0.3, -0.25) is 4.98 Å². The molecule has 3 aromatic rings. The smallest absolute Gasteiger partial charge is 0.304 e. The van der Waals surface area contributed by atoms with Gasteiger partial charge in [-0.25, -0.2) is 9.97 Å². The van der Waals surface area contributed by atoms with E-state index in [1.54, 1.807) is 12.6 Å². The van der Waals surface area contributed by atoms with E-state index in [-0.39, 0.29) is 0 Å². The van der Waals surface area contributed by atoms with Crippen molar-refractivity contribution in [3.63, 3.8) is 0 Å². The van der Waals surface area contributed by atoms with Gasteiger partial charge in [0.2, 0.25) is 5.52 Å². The largest absolute Gasteiger partial charge is 0.463 e. The van der Waals surface area contributed by atoms with Crippen LogP contribution in [0, 0.1) is 0 Å². The maximum atomic E-state index is 5.36. The molecule has 0 fully saturated rings. The van der Waals surface area contributed by atoms with Crippen molar-refractivity contribution >= 4 is 22.9 Å². The molecule has 3 heterocycles. The van der Waals surface area contributed by atoms with Crippen molar-refractivity contribution < 1.29 is 9.40 Å². The molecule has 2 N–H and O–H groups in total. The highest BCUT2D eigenvalue weighted by atomic mass is 32.2. The zero-order valence-electron chi connectivity index (χ0n) is 8.52. The van der Waals surface area contributed by atoms with E-state index in [1.807, 2.05) is 18.4 Å². The molecule has 0 saturated carbocycles. The molecule has 0 aliphatic carbocycles. The van der Waals surface area contributed by atoms with Crippen molar-refractivity contribution in [2.75, 3.05) is 6.26 Å². The molecular weight excluding hydrogens is 224 g/mol. The normalized spacial score (nSPS) is 11.1. The minimum atomic E-state index is 0.717. The molecule has 80 valence electrons. The summed E-state index contributed by atoms with van der Waals surface area (Å²) >= 11 is 1.50. The Kier molecular flexibility index (Phi) is 2.14. The van der Waals surface area contributed by atoms with Crippen molar-refractivity contribution in [3.05, 3.63) is 24.7 Å². The van der Waals surface area contributed by atoms with Gasteiger partial charge in [-0.2, -0.15) is 0 Å². The van der Waals surface area contributed by atoms with Crippen LogP contribution in [0.25, 0.3) is 22.6 Å². The van der Waals surface area contributed by atoms with Gasteiger partial charge in [-0.1, -0.05) is 16.7 Å². The Morgan fingerprint density at radius 2 is 2.38 bits per heavy atom. The first-order valence-electron chi connectivity index (χ1n) is 4.73. The van der Waals surface area contributed by atoms with E-state index in [1.165, 1.54) is 11.8 Å². The van der Waals surface area contributed by atoms with Crippen LogP contribution in [0.3, 0.4) is 0 Å². The van der Waals surface area contributed by atoms with Crippen molar-refractivity contribution in [3.8, 4) is 11.5 Å². The quantitative estimate of drug-likeness (QED) is 0.541. The highest BCUT2D eigenvalue weighted by molar-refractivity contribution is 7.98. The molecule has 0 aliphatic heterocycles. The highest BCUT2D eigenvalue weighted by Crippen LogP contribution is 2.25. The fraction of sp³-hybridized carbons (Fsp3) is 0.100. The van der Waals surface area contributed by atoms with Gasteiger partial charge in [0.05, 0.1) is 6.26 Å². The number of furan rings is 1. The predicted octanol–water partition coefficient (Wildman–Crippen LogP) is 1.75. The van der Waals surface area contributed by atoms with Gasteiger partial charge in [-0.05, 0) is 18.4 Å². The number of H-pyrrole nitrogens is 2. The Balaban J connectivity index is 2.33. The molecule has 0 aliphatic rings. The average Bonchev–Trinajstić information content (AvgIpc) is 2.98. The minimum absolute atomic E-state index is 0.717. The van der Waals surface area contributed by atoms with Gasteiger partial charge in [0.25, 0.3) is 5.16 Å². The van der Waals surface area contributed by atoms with E-state index >= 15 is 0 Å². The van der Waals surface area contributed by atoms with Gasteiger partial charge in [0, 0.05) is 0 Å². The fourth-order valence-corrected chi connectivity index (χ4v) is 1.91. The summed E-state index contributed by atoms with van der Waals surface area (Å²) in [5.74, 6) is 0.735. The topological polar surface area (TPSA) is 68.8 Å². The number of imidazole rings is 1. The lowest BCUT2D eigenvalue weighted by Crippen LogP contribution is -2.00. The van der Waals surface area contributed by atoms with Crippen molar-refractivity contribution in [2.45, 2.75) is 5.16 Å². The molecule has 16 heavy (non-hydrogen) atoms. The number of hydrogen-bond donors (Lipinski definition) is 1. The molecule has 0 amide bonds. The average molecular weight is 233 g/mol. The third-order valence-electron chi connectivity index (χ3n) is 2.25. The number of aromatic amines is 2. The Hall–Kier alpha value is -1.82. The van der Waals surface area contributed by atoms with E-state index in [2.05, 4.69) is 19.9 Å². The van der Waals surface area contributed by atoms with E-state index in [0.717, 1.165) is 27.8 Å². The number of thioether (sulfide) groups is 1. The monoisotopic (exact) mass is 233 g/mol. The van der Waals surface area contributed by atoms with Crippen molar-refractivity contribution in [1.29, 1.82) is 0 Å². The Morgan fingerprint density at radius 3 is 3.12 bits per heavy atom. The third kappa shape index (κ3) is 1.38. The van der Waals surface area contributed by atoms with Crippen LogP contribution in [0.2, 0.25) is 0 Å². The Morgan fingerprint density at radius 1 is 1.44 bits per heavy atom. The molecule has 0 atom stereocenters. The summed E-state index contributed by atoms with van der Waals surface area (Å²) in [5.41, 5.74) is 2.42. The second kappa shape index (κ2) is 3.64. The highest BCUT2D eigenvalue weighted by Gasteiger charge is 2.18. The lowest BCUT2D eigenvalue weighted by atomic mass is 10.3. The van der Waals surface area contributed by atoms with Crippen LogP contribution in [0.5, 0.6) is 0 Å². The first-order chi connectivity index (χ1) is 7.88. The van der Waals surface area contributed by atoms with Crippen LogP contribution in [0.4, 0.5) is 0 Å². The molecule has 6 heteroatoms. The van der Waals surface area contributed by atoms with Crippen LogP contribution >= 0.6 is 11.8 Å². The number of hydrogen-bond acceptors (Lipinski definition) is 4. The number of aromatic nitrogens is 4. The minimum Gasteiger partial charge on any atom is -0.463 e. The van der Waals surface area contributed by atoms with Gasteiger partial charge in [0.1, 0.15) is 0 Å². The van der Waals surface area contributed by atoms with Crippen molar-refractivity contribution in [1.82, 2.24) is 15.0 Å². The second-order valence-corrected chi connectivity index (χ2v) is 3.97. The molecule has 0 spiro atoms. The van der Waals surface area contributed by atoms with Gasteiger partial charge >= 0.3 is 5.65 Å². The SMILES string of the molecule is CSc1nc(-c2ccco2)c2[nH]c[nH+]c2n1. The summed E-state index contributed by atoms with van der Waals surface area (Å²) in [4.78, 5) is 14.9. The summed E-state index contributed by atoms with van der Waals surface area (Å²) in [6.45, 7) is 0. The lowest BCUT2D eigenvalue weighted by Gasteiger charge is -1.95. The molecule has 3 aromatic heterocycles. The summed E-state index contributed by atoms with van der Waals surface area (Å²) in [7, 11) is 0. The molecule has 0 aromatic carbocycles. The number of fused-ring (bicyclic) bond motifs is 1. The fourth-order valence-electron chi connectivity index (χ4n) is 1.54. The van der Waals surface area contributed by atoms with Crippen LogP contribution < -0.4 is 4.98 Å².